The van der Waals surface area contributed by atoms with E-state index in [0.717, 1.165) is 39.2 Å². The number of benzene rings is 7. The Hall–Kier alpha value is -7.05. The van der Waals surface area contributed by atoms with Crippen molar-refractivity contribution in [3.63, 3.8) is 0 Å². The lowest BCUT2D eigenvalue weighted by Crippen LogP contribution is -1.96. The van der Waals surface area contributed by atoms with Gasteiger partial charge >= 0.3 is 0 Å². The van der Waals surface area contributed by atoms with Gasteiger partial charge in [0.15, 0.2) is 5.82 Å². The van der Waals surface area contributed by atoms with Gasteiger partial charge in [-0.2, -0.15) is 0 Å². The molecule has 7 aromatic carbocycles. The Morgan fingerprint density at radius 3 is 1.54 bits per heavy atom. The number of fused-ring (bicyclic) bond motifs is 6. The second kappa shape index (κ2) is 15.7. The molecule has 0 bridgehead atoms. The van der Waals surface area contributed by atoms with Gasteiger partial charge in [0.2, 0.25) is 0 Å². The smallest absolute Gasteiger partial charge is 0.160 e. The molecule has 0 fully saturated rings. The summed E-state index contributed by atoms with van der Waals surface area (Å²) in [7, 11) is 0. The van der Waals surface area contributed by atoms with Gasteiger partial charge in [0.25, 0.3) is 0 Å². The lowest BCUT2D eigenvalue weighted by atomic mass is 9.99. The number of allylic oxidation sites excluding steroid dienone is 1. The first kappa shape index (κ1) is 36.3. The molecule has 11 rings (SSSR count). The summed E-state index contributed by atoms with van der Waals surface area (Å²) in [6.45, 7) is 5.25. The Morgan fingerprint density at radius 1 is 0.390 bits per heavy atom. The summed E-state index contributed by atoms with van der Waals surface area (Å²) in [5.41, 5.74) is 11.7. The van der Waals surface area contributed by atoms with Gasteiger partial charge in [-0.1, -0.05) is 133 Å². The summed E-state index contributed by atoms with van der Waals surface area (Å²) < 4.78 is 5.25. The molecule has 0 radical (unpaired) electrons. The van der Waals surface area contributed by atoms with Crippen LogP contribution in [0.5, 0.6) is 0 Å². The SMILES string of the molecule is C=CC.c1cncc(-c2cccc(-c3nc(-c4ccc(-c5ccc6c(c5)sc5ccccc56)cc4)cc(-c4ccc(-c5ccc6sc7ccccc7c6c5)cc4)n3)c2)c1. The van der Waals surface area contributed by atoms with Crippen LogP contribution < -0.4 is 0 Å². The van der Waals surface area contributed by atoms with Crippen molar-refractivity contribution < 1.29 is 0 Å². The van der Waals surface area contributed by atoms with Gasteiger partial charge in [0.1, 0.15) is 0 Å². The summed E-state index contributed by atoms with van der Waals surface area (Å²) in [5, 5.41) is 5.24. The lowest BCUT2D eigenvalue weighted by Gasteiger charge is -2.12. The van der Waals surface area contributed by atoms with Gasteiger partial charge in [-0.3, -0.25) is 4.98 Å². The van der Waals surface area contributed by atoms with Crippen LogP contribution in [0.15, 0.2) is 201 Å². The molecular weight excluding hydrogens is 755 g/mol. The zero-order valence-corrected chi connectivity index (χ0v) is 34.0. The zero-order chi connectivity index (χ0) is 39.7. The van der Waals surface area contributed by atoms with Crippen molar-refractivity contribution in [2.75, 3.05) is 0 Å². The highest BCUT2D eigenvalue weighted by atomic mass is 32.1. The van der Waals surface area contributed by atoms with Crippen molar-refractivity contribution in [3.8, 4) is 67.3 Å². The second-order valence-electron chi connectivity index (χ2n) is 14.5. The van der Waals surface area contributed by atoms with Gasteiger partial charge < -0.3 is 0 Å². The number of hydrogen-bond donors (Lipinski definition) is 0. The number of nitrogens with zero attached hydrogens (tertiary/aromatic N) is 3. The fourth-order valence-electron chi connectivity index (χ4n) is 7.72. The molecule has 0 saturated heterocycles. The van der Waals surface area contributed by atoms with Gasteiger partial charge in [-0.15, -0.1) is 29.3 Å². The molecular formula is C54H37N3S2. The molecule has 0 unspecified atom stereocenters. The van der Waals surface area contributed by atoms with Crippen LogP contribution in [0.4, 0.5) is 0 Å². The Morgan fingerprint density at radius 2 is 0.881 bits per heavy atom. The van der Waals surface area contributed by atoms with E-state index >= 15 is 0 Å². The van der Waals surface area contributed by atoms with E-state index in [1.807, 2.05) is 41.9 Å². The highest BCUT2D eigenvalue weighted by Gasteiger charge is 2.14. The second-order valence-corrected chi connectivity index (χ2v) is 16.6. The molecule has 0 saturated carbocycles. The van der Waals surface area contributed by atoms with Gasteiger partial charge in [0.05, 0.1) is 11.4 Å². The van der Waals surface area contributed by atoms with E-state index in [2.05, 4.69) is 181 Å². The normalized spacial score (nSPS) is 11.2. The van der Waals surface area contributed by atoms with Gasteiger partial charge in [-0.25, -0.2) is 9.97 Å². The van der Waals surface area contributed by atoms with E-state index in [-0.39, 0.29) is 0 Å². The molecule has 5 heteroatoms. The molecule has 0 atom stereocenters. The maximum Gasteiger partial charge on any atom is 0.160 e. The molecule has 3 nitrogen and oxygen atoms in total. The average Bonchev–Trinajstić information content (AvgIpc) is 3.87. The predicted molar refractivity (Wildman–Crippen MR) is 254 cm³/mol. The fourth-order valence-corrected chi connectivity index (χ4v) is 9.95. The van der Waals surface area contributed by atoms with Crippen LogP contribution in [0, 0.1) is 0 Å². The van der Waals surface area contributed by atoms with E-state index < -0.39 is 0 Å². The molecule has 0 spiro atoms. The quantitative estimate of drug-likeness (QED) is 0.157. The number of rotatable bonds is 6. The Bertz CT molecular complexity index is 3290. The predicted octanol–water partition coefficient (Wildman–Crippen LogP) is 15.8. The first-order valence-corrected chi connectivity index (χ1v) is 21.3. The maximum atomic E-state index is 5.19. The first-order chi connectivity index (χ1) is 29.1. The Kier molecular flexibility index (Phi) is 9.67. The van der Waals surface area contributed by atoms with Gasteiger partial charge in [-0.05, 0) is 83.3 Å². The Labute approximate surface area is 351 Å². The van der Waals surface area contributed by atoms with Gasteiger partial charge in [0, 0.05) is 75.0 Å². The highest BCUT2D eigenvalue weighted by Crippen LogP contribution is 2.39. The van der Waals surface area contributed by atoms with Crippen LogP contribution in [0.2, 0.25) is 0 Å². The summed E-state index contributed by atoms with van der Waals surface area (Å²) in [6.07, 6.45) is 5.44. The van der Waals surface area contributed by atoms with E-state index in [9.17, 15) is 0 Å². The minimum atomic E-state index is 0.682. The minimum Gasteiger partial charge on any atom is -0.264 e. The summed E-state index contributed by atoms with van der Waals surface area (Å²) in [4.78, 5) is 14.7. The topological polar surface area (TPSA) is 38.7 Å². The number of hydrogen-bond acceptors (Lipinski definition) is 5. The third-order valence-corrected chi connectivity index (χ3v) is 12.9. The molecule has 4 aromatic heterocycles. The van der Waals surface area contributed by atoms with E-state index in [0.29, 0.717) is 5.82 Å². The van der Waals surface area contributed by atoms with Crippen LogP contribution in [0.25, 0.3) is 108 Å². The highest BCUT2D eigenvalue weighted by molar-refractivity contribution is 7.26. The molecule has 0 aliphatic carbocycles. The summed E-state index contributed by atoms with van der Waals surface area (Å²) in [5.74, 6) is 0.682. The third-order valence-electron chi connectivity index (χ3n) is 10.6. The van der Waals surface area contributed by atoms with Crippen molar-refractivity contribution in [3.05, 3.63) is 201 Å². The van der Waals surface area contributed by atoms with E-state index in [1.165, 1.54) is 62.6 Å². The number of aromatic nitrogens is 3. The molecule has 0 aliphatic rings. The van der Waals surface area contributed by atoms with Crippen molar-refractivity contribution in [2.24, 2.45) is 0 Å². The molecule has 0 aliphatic heterocycles. The van der Waals surface area contributed by atoms with Crippen molar-refractivity contribution in [1.29, 1.82) is 0 Å². The molecule has 0 amide bonds. The van der Waals surface area contributed by atoms with Crippen LogP contribution in [0.1, 0.15) is 6.92 Å². The first-order valence-electron chi connectivity index (χ1n) is 19.6. The van der Waals surface area contributed by atoms with Crippen LogP contribution in [-0.2, 0) is 0 Å². The number of thiophene rings is 2. The monoisotopic (exact) mass is 791 g/mol. The lowest BCUT2D eigenvalue weighted by molar-refractivity contribution is 1.18. The third kappa shape index (κ3) is 7.12. The summed E-state index contributed by atoms with van der Waals surface area (Å²) >= 11 is 3.70. The average molecular weight is 792 g/mol. The van der Waals surface area contributed by atoms with E-state index in [4.69, 9.17) is 9.97 Å². The molecule has 280 valence electrons. The summed E-state index contributed by atoms with van der Waals surface area (Å²) in [6, 6.07) is 63.0. The molecule has 59 heavy (non-hydrogen) atoms. The standard InChI is InChI=1S/C51H31N3S2.C3H6/c1-3-12-47-41(10-1)43-24-22-38(29-50(43)56-47)33-16-20-35(21-17-33)46-30-45(53-51(54-46)39-8-5-7-36(27-39)40-9-6-26-52-31-40)34-18-14-32(15-19-34)37-23-25-49-44(28-37)42-11-2-4-13-48(42)55-49;1-3-2/h1-31H;3H,1H2,2H3. The van der Waals surface area contributed by atoms with Crippen LogP contribution in [-0.4, -0.2) is 15.0 Å². The minimum absolute atomic E-state index is 0.682. The van der Waals surface area contributed by atoms with Crippen LogP contribution >= 0.6 is 22.7 Å². The van der Waals surface area contributed by atoms with E-state index in [1.54, 1.807) is 12.3 Å². The molecule has 4 heterocycles. The Balaban J connectivity index is 0.00000136. The number of pyridine rings is 1. The molecule has 11 aromatic rings. The van der Waals surface area contributed by atoms with Crippen molar-refractivity contribution in [2.45, 2.75) is 6.92 Å². The van der Waals surface area contributed by atoms with Crippen LogP contribution in [0.3, 0.4) is 0 Å². The largest absolute Gasteiger partial charge is 0.264 e. The van der Waals surface area contributed by atoms with Crippen molar-refractivity contribution >= 4 is 63.0 Å². The fraction of sp³-hybridized carbons (Fsp3) is 0.0185. The van der Waals surface area contributed by atoms with Crippen molar-refractivity contribution in [1.82, 2.24) is 15.0 Å². The molecule has 0 N–H and O–H groups in total. The maximum absolute atomic E-state index is 5.19. The zero-order valence-electron chi connectivity index (χ0n) is 32.3.